The Kier molecular flexibility index (Phi) is 3.76. The summed E-state index contributed by atoms with van der Waals surface area (Å²) in [6.45, 7) is 1.74. The van der Waals surface area contributed by atoms with E-state index < -0.39 is 0 Å². The third-order valence-electron chi connectivity index (χ3n) is 2.77. The van der Waals surface area contributed by atoms with Gasteiger partial charge in [0.1, 0.15) is 5.82 Å². The van der Waals surface area contributed by atoms with E-state index in [1.165, 1.54) is 18.9 Å². The van der Waals surface area contributed by atoms with Crippen molar-refractivity contribution in [2.45, 2.75) is 25.4 Å². The number of hydrogen-bond acceptors (Lipinski definition) is 1. The first-order chi connectivity index (χ1) is 7.31. The van der Waals surface area contributed by atoms with Gasteiger partial charge in [-0.2, -0.15) is 0 Å². The maximum Gasteiger partial charge on any atom is 0.127 e. The average Bonchev–Trinajstić information content (AvgIpc) is 3.04. The second-order valence-electron chi connectivity index (χ2n) is 3.98. The Morgan fingerprint density at radius 2 is 2.07 bits per heavy atom. The average molecular weight is 272 g/mol. The molecule has 0 saturated heterocycles. The van der Waals surface area contributed by atoms with Crippen LogP contribution in [0.5, 0.6) is 0 Å². The Balaban J connectivity index is 2.02. The zero-order valence-corrected chi connectivity index (χ0v) is 10.2. The molecule has 0 bridgehead atoms. The number of halogens is 2. The predicted octanol–water partition coefficient (Wildman–Crippen LogP) is 3.19. The molecule has 0 heterocycles. The first kappa shape index (κ1) is 11.1. The van der Waals surface area contributed by atoms with Crippen molar-refractivity contribution >= 4 is 15.9 Å². The van der Waals surface area contributed by atoms with E-state index in [2.05, 4.69) is 20.8 Å². The van der Waals surface area contributed by atoms with Crippen LogP contribution >= 0.6 is 15.9 Å². The molecule has 3 heteroatoms. The molecule has 0 N–H and O–H groups in total. The summed E-state index contributed by atoms with van der Waals surface area (Å²) >= 11 is 3.44. The second-order valence-corrected chi connectivity index (χ2v) is 4.78. The Hall–Kier alpha value is -0.410. The summed E-state index contributed by atoms with van der Waals surface area (Å²) in [5.74, 6) is -0.0854. The number of alkyl halides is 1. The highest BCUT2D eigenvalue weighted by Crippen LogP contribution is 2.28. The third-order valence-corrected chi connectivity index (χ3v) is 3.12. The van der Waals surface area contributed by atoms with Gasteiger partial charge in [0.25, 0.3) is 0 Å². The summed E-state index contributed by atoms with van der Waals surface area (Å²) in [6.07, 6.45) is 2.53. The lowest BCUT2D eigenvalue weighted by Gasteiger charge is -2.20. The van der Waals surface area contributed by atoms with Crippen LogP contribution in [0.15, 0.2) is 24.3 Å². The largest absolute Gasteiger partial charge is 0.295 e. The maximum absolute atomic E-state index is 13.4. The number of nitrogens with zero attached hydrogens (tertiary/aromatic N) is 1. The van der Waals surface area contributed by atoms with Gasteiger partial charge >= 0.3 is 0 Å². The van der Waals surface area contributed by atoms with Crippen LogP contribution in [0.4, 0.5) is 4.39 Å². The van der Waals surface area contributed by atoms with E-state index in [9.17, 15) is 4.39 Å². The Bertz CT molecular complexity index is 325. The van der Waals surface area contributed by atoms with Gasteiger partial charge in [0.2, 0.25) is 0 Å². The summed E-state index contributed by atoms with van der Waals surface area (Å²) in [4.78, 5) is 2.35. The van der Waals surface area contributed by atoms with E-state index in [1.807, 2.05) is 12.1 Å². The molecule has 1 aromatic carbocycles. The molecule has 15 heavy (non-hydrogen) atoms. The summed E-state index contributed by atoms with van der Waals surface area (Å²) in [5.41, 5.74) is 0.811. The van der Waals surface area contributed by atoms with Crippen molar-refractivity contribution in [2.24, 2.45) is 0 Å². The van der Waals surface area contributed by atoms with Crippen LogP contribution in [0.2, 0.25) is 0 Å². The molecule has 0 unspecified atom stereocenters. The summed E-state index contributed by atoms with van der Waals surface area (Å²) in [7, 11) is 0. The lowest BCUT2D eigenvalue weighted by Crippen LogP contribution is -2.27. The molecule has 0 spiro atoms. The van der Waals surface area contributed by atoms with E-state index in [4.69, 9.17) is 0 Å². The Morgan fingerprint density at radius 1 is 1.33 bits per heavy atom. The number of hydrogen-bond donors (Lipinski definition) is 0. The van der Waals surface area contributed by atoms with E-state index in [1.54, 1.807) is 6.07 Å². The first-order valence-electron chi connectivity index (χ1n) is 5.34. The van der Waals surface area contributed by atoms with E-state index in [0.717, 1.165) is 24.0 Å². The van der Waals surface area contributed by atoms with Gasteiger partial charge in [-0.15, -0.1) is 0 Å². The molecule has 1 nitrogen and oxygen atoms in total. The van der Waals surface area contributed by atoms with Crippen molar-refractivity contribution in [3.05, 3.63) is 35.6 Å². The fourth-order valence-electron chi connectivity index (χ4n) is 1.78. The Labute approximate surface area is 98.4 Å². The zero-order chi connectivity index (χ0) is 10.7. The molecular weight excluding hydrogens is 257 g/mol. The normalized spacial score (nSPS) is 15.9. The minimum Gasteiger partial charge on any atom is -0.295 e. The molecule has 1 aliphatic rings. The van der Waals surface area contributed by atoms with Crippen molar-refractivity contribution in [1.82, 2.24) is 4.90 Å². The topological polar surface area (TPSA) is 3.24 Å². The molecule has 1 aliphatic carbocycles. The maximum atomic E-state index is 13.4. The van der Waals surface area contributed by atoms with Crippen molar-refractivity contribution in [3.63, 3.8) is 0 Å². The van der Waals surface area contributed by atoms with Gasteiger partial charge in [0.15, 0.2) is 0 Å². The SMILES string of the molecule is Fc1ccccc1CN(CCBr)C1CC1. The van der Waals surface area contributed by atoms with Crippen molar-refractivity contribution in [3.8, 4) is 0 Å². The molecule has 0 atom stereocenters. The molecule has 0 aliphatic heterocycles. The van der Waals surface area contributed by atoms with Gasteiger partial charge in [-0.25, -0.2) is 4.39 Å². The number of rotatable bonds is 5. The third kappa shape index (κ3) is 3.02. The quantitative estimate of drug-likeness (QED) is 0.744. The highest BCUT2D eigenvalue weighted by molar-refractivity contribution is 9.09. The van der Waals surface area contributed by atoms with Crippen LogP contribution in [0.1, 0.15) is 18.4 Å². The minimum atomic E-state index is -0.0854. The van der Waals surface area contributed by atoms with E-state index >= 15 is 0 Å². The molecule has 1 fully saturated rings. The second kappa shape index (κ2) is 5.08. The van der Waals surface area contributed by atoms with Crippen molar-refractivity contribution in [1.29, 1.82) is 0 Å². The van der Waals surface area contributed by atoms with E-state index in [0.29, 0.717) is 6.04 Å². The molecule has 2 rings (SSSR count). The molecule has 0 aromatic heterocycles. The molecule has 0 radical (unpaired) electrons. The fourth-order valence-corrected chi connectivity index (χ4v) is 2.24. The smallest absolute Gasteiger partial charge is 0.127 e. The van der Waals surface area contributed by atoms with Crippen LogP contribution in [0, 0.1) is 5.82 Å². The van der Waals surface area contributed by atoms with Gasteiger partial charge in [-0.05, 0) is 18.9 Å². The molecule has 1 saturated carbocycles. The van der Waals surface area contributed by atoms with Crippen LogP contribution in [0.25, 0.3) is 0 Å². The summed E-state index contributed by atoms with van der Waals surface area (Å²) in [6, 6.07) is 7.73. The predicted molar refractivity (Wildman–Crippen MR) is 63.6 cm³/mol. The van der Waals surface area contributed by atoms with Crippen LogP contribution in [-0.4, -0.2) is 22.8 Å². The lowest BCUT2D eigenvalue weighted by molar-refractivity contribution is 0.268. The zero-order valence-electron chi connectivity index (χ0n) is 8.63. The van der Waals surface area contributed by atoms with Crippen LogP contribution in [-0.2, 0) is 6.54 Å². The van der Waals surface area contributed by atoms with Gasteiger partial charge in [-0.3, -0.25) is 4.90 Å². The lowest BCUT2D eigenvalue weighted by atomic mass is 10.2. The van der Waals surface area contributed by atoms with Gasteiger partial charge < -0.3 is 0 Å². The van der Waals surface area contributed by atoms with E-state index in [-0.39, 0.29) is 5.82 Å². The summed E-state index contributed by atoms with van der Waals surface area (Å²) in [5, 5.41) is 0.956. The molecule has 82 valence electrons. The molecular formula is C12H15BrFN. The van der Waals surface area contributed by atoms with Gasteiger partial charge in [0, 0.05) is 30.0 Å². The minimum absolute atomic E-state index is 0.0854. The molecule has 0 amide bonds. The van der Waals surface area contributed by atoms with Gasteiger partial charge in [0.05, 0.1) is 0 Å². The van der Waals surface area contributed by atoms with Crippen molar-refractivity contribution < 1.29 is 4.39 Å². The molecule has 1 aromatic rings. The monoisotopic (exact) mass is 271 g/mol. The first-order valence-corrected chi connectivity index (χ1v) is 6.47. The summed E-state index contributed by atoms with van der Waals surface area (Å²) < 4.78 is 13.4. The van der Waals surface area contributed by atoms with Crippen molar-refractivity contribution in [2.75, 3.05) is 11.9 Å². The highest BCUT2D eigenvalue weighted by Gasteiger charge is 2.28. The standard InChI is InChI=1S/C12H15BrFN/c13-7-8-15(11-5-6-11)9-10-3-1-2-4-12(10)14/h1-4,11H,5-9H2. The highest BCUT2D eigenvalue weighted by atomic mass is 79.9. The van der Waals surface area contributed by atoms with Gasteiger partial charge in [-0.1, -0.05) is 34.1 Å². The fraction of sp³-hybridized carbons (Fsp3) is 0.500. The number of benzene rings is 1. The Morgan fingerprint density at radius 3 is 2.67 bits per heavy atom. The van der Waals surface area contributed by atoms with Crippen LogP contribution < -0.4 is 0 Å². The van der Waals surface area contributed by atoms with Crippen LogP contribution in [0.3, 0.4) is 0 Å².